The van der Waals surface area contributed by atoms with E-state index in [2.05, 4.69) is 26.3 Å². The minimum atomic E-state index is -0.184. The normalized spacial score (nSPS) is 12.5. The standard InChI is InChI=1S/C16H13BrClN3/c17-11-4-5-14(15(18)8-11)16(21-19)13-3-1-2-10-9-20-7-6-12(10)13/h1-9,16,21H,19H2. The van der Waals surface area contributed by atoms with Crippen LogP contribution in [-0.2, 0) is 0 Å². The van der Waals surface area contributed by atoms with Crippen molar-refractivity contribution in [1.29, 1.82) is 0 Å². The van der Waals surface area contributed by atoms with Crippen LogP contribution >= 0.6 is 27.5 Å². The summed E-state index contributed by atoms with van der Waals surface area (Å²) < 4.78 is 0.939. The summed E-state index contributed by atoms with van der Waals surface area (Å²) in [4.78, 5) is 4.16. The van der Waals surface area contributed by atoms with E-state index in [1.807, 2.05) is 48.7 Å². The molecule has 3 rings (SSSR count). The summed E-state index contributed by atoms with van der Waals surface area (Å²) in [6, 6.07) is 13.7. The van der Waals surface area contributed by atoms with Crippen molar-refractivity contribution in [3.8, 4) is 0 Å². The molecular weight excluding hydrogens is 350 g/mol. The molecule has 1 atom stereocenters. The number of nitrogens with two attached hydrogens (primary N) is 1. The molecule has 0 radical (unpaired) electrons. The van der Waals surface area contributed by atoms with Crippen LogP contribution in [0, 0.1) is 0 Å². The van der Waals surface area contributed by atoms with Crippen molar-refractivity contribution >= 4 is 38.3 Å². The van der Waals surface area contributed by atoms with Gasteiger partial charge >= 0.3 is 0 Å². The molecule has 0 aliphatic heterocycles. The quantitative estimate of drug-likeness (QED) is 0.542. The zero-order valence-electron chi connectivity index (χ0n) is 11.1. The molecule has 3 aromatic rings. The molecule has 5 heteroatoms. The molecule has 0 aliphatic carbocycles. The highest BCUT2D eigenvalue weighted by Crippen LogP contribution is 2.33. The third-order valence-electron chi connectivity index (χ3n) is 3.47. The number of hydrogen-bond donors (Lipinski definition) is 2. The maximum atomic E-state index is 6.37. The number of rotatable bonds is 3. The topological polar surface area (TPSA) is 50.9 Å². The predicted molar refractivity (Wildman–Crippen MR) is 90.1 cm³/mol. The number of halogens is 2. The highest BCUT2D eigenvalue weighted by molar-refractivity contribution is 9.10. The first-order valence-electron chi connectivity index (χ1n) is 6.44. The Labute approximate surface area is 136 Å². The number of hydrazine groups is 1. The second-order valence-corrected chi connectivity index (χ2v) is 6.03. The summed E-state index contributed by atoms with van der Waals surface area (Å²) in [6.45, 7) is 0. The van der Waals surface area contributed by atoms with E-state index in [1.54, 1.807) is 6.20 Å². The lowest BCUT2D eigenvalue weighted by molar-refractivity contribution is 0.641. The fourth-order valence-electron chi connectivity index (χ4n) is 2.48. The molecule has 0 bridgehead atoms. The van der Waals surface area contributed by atoms with E-state index in [1.165, 1.54) is 0 Å². The zero-order valence-corrected chi connectivity index (χ0v) is 13.4. The molecule has 3 N–H and O–H groups in total. The van der Waals surface area contributed by atoms with Gasteiger partial charge in [0.15, 0.2) is 0 Å². The Bertz CT molecular complexity index is 786. The average molecular weight is 363 g/mol. The highest BCUT2D eigenvalue weighted by Gasteiger charge is 2.18. The Morgan fingerprint density at radius 2 is 2.00 bits per heavy atom. The van der Waals surface area contributed by atoms with Crippen LogP contribution in [0.2, 0.25) is 5.02 Å². The van der Waals surface area contributed by atoms with Gasteiger partial charge in [-0.1, -0.05) is 51.8 Å². The number of benzene rings is 2. The number of aromatic nitrogens is 1. The van der Waals surface area contributed by atoms with Gasteiger partial charge in [-0.25, -0.2) is 5.43 Å². The van der Waals surface area contributed by atoms with Gasteiger partial charge in [0.25, 0.3) is 0 Å². The van der Waals surface area contributed by atoms with Crippen LogP contribution in [0.4, 0.5) is 0 Å². The minimum absolute atomic E-state index is 0.184. The van der Waals surface area contributed by atoms with Crippen molar-refractivity contribution in [3.63, 3.8) is 0 Å². The van der Waals surface area contributed by atoms with Crippen molar-refractivity contribution < 1.29 is 0 Å². The molecule has 3 nitrogen and oxygen atoms in total. The number of nitrogens with one attached hydrogen (secondary N) is 1. The molecule has 0 saturated heterocycles. The third kappa shape index (κ3) is 2.80. The first-order chi connectivity index (χ1) is 10.2. The van der Waals surface area contributed by atoms with Gasteiger partial charge in [0.1, 0.15) is 0 Å². The number of hydrogen-bond acceptors (Lipinski definition) is 3. The summed E-state index contributed by atoms with van der Waals surface area (Å²) in [7, 11) is 0. The smallest absolute Gasteiger partial charge is 0.0730 e. The van der Waals surface area contributed by atoms with E-state index in [0.717, 1.165) is 26.4 Å². The first-order valence-corrected chi connectivity index (χ1v) is 7.61. The lowest BCUT2D eigenvalue weighted by Crippen LogP contribution is -2.29. The van der Waals surface area contributed by atoms with Gasteiger partial charge in [-0.15, -0.1) is 0 Å². The maximum Gasteiger partial charge on any atom is 0.0730 e. The fraction of sp³-hybridized carbons (Fsp3) is 0.0625. The Kier molecular flexibility index (Phi) is 4.22. The van der Waals surface area contributed by atoms with Crippen molar-refractivity contribution in [2.24, 2.45) is 5.84 Å². The van der Waals surface area contributed by atoms with Gasteiger partial charge in [-0.2, -0.15) is 0 Å². The number of fused-ring (bicyclic) bond motifs is 1. The lowest BCUT2D eigenvalue weighted by atomic mass is 9.95. The molecule has 0 aliphatic rings. The Hall–Kier alpha value is -1.46. The Balaban J connectivity index is 2.18. The van der Waals surface area contributed by atoms with Crippen LogP contribution in [0.15, 0.2) is 59.3 Å². The molecule has 0 amide bonds. The monoisotopic (exact) mass is 361 g/mol. The third-order valence-corrected chi connectivity index (χ3v) is 4.29. The molecule has 0 fully saturated rings. The molecule has 0 saturated carbocycles. The average Bonchev–Trinajstić information content (AvgIpc) is 2.50. The molecule has 21 heavy (non-hydrogen) atoms. The van der Waals surface area contributed by atoms with Gasteiger partial charge in [-0.3, -0.25) is 10.8 Å². The molecule has 106 valence electrons. The molecule has 1 heterocycles. The summed E-state index contributed by atoms with van der Waals surface area (Å²) >= 11 is 9.79. The summed E-state index contributed by atoms with van der Waals surface area (Å²) in [6.07, 6.45) is 3.62. The van der Waals surface area contributed by atoms with E-state index >= 15 is 0 Å². The van der Waals surface area contributed by atoms with E-state index < -0.39 is 0 Å². The Morgan fingerprint density at radius 1 is 1.14 bits per heavy atom. The van der Waals surface area contributed by atoms with Gasteiger partial charge in [0.2, 0.25) is 0 Å². The van der Waals surface area contributed by atoms with Crippen LogP contribution in [0.25, 0.3) is 10.8 Å². The van der Waals surface area contributed by atoms with Gasteiger partial charge in [-0.05, 0) is 34.7 Å². The van der Waals surface area contributed by atoms with Gasteiger partial charge in [0, 0.05) is 27.3 Å². The molecular formula is C16H13BrClN3. The maximum absolute atomic E-state index is 6.37. The Morgan fingerprint density at radius 3 is 2.76 bits per heavy atom. The van der Waals surface area contributed by atoms with Crippen molar-refractivity contribution in [3.05, 3.63) is 75.5 Å². The molecule has 1 unspecified atom stereocenters. The van der Waals surface area contributed by atoms with E-state index in [0.29, 0.717) is 5.02 Å². The van der Waals surface area contributed by atoms with Crippen LogP contribution in [0.3, 0.4) is 0 Å². The number of nitrogens with zero attached hydrogens (tertiary/aromatic N) is 1. The van der Waals surface area contributed by atoms with Crippen molar-refractivity contribution in [2.75, 3.05) is 0 Å². The van der Waals surface area contributed by atoms with E-state index in [-0.39, 0.29) is 6.04 Å². The van der Waals surface area contributed by atoms with E-state index in [4.69, 9.17) is 17.4 Å². The zero-order chi connectivity index (χ0) is 14.8. The van der Waals surface area contributed by atoms with Crippen LogP contribution in [0.5, 0.6) is 0 Å². The number of pyridine rings is 1. The fourth-order valence-corrected chi connectivity index (χ4v) is 3.26. The van der Waals surface area contributed by atoms with Crippen LogP contribution in [0.1, 0.15) is 17.2 Å². The summed E-state index contributed by atoms with van der Waals surface area (Å²) in [5, 5.41) is 2.84. The van der Waals surface area contributed by atoms with Gasteiger partial charge in [0.05, 0.1) is 6.04 Å². The van der Waals surface area contributed by atoms with Crippen LogP contribution in [-0.4, -0.2) is 4.98 Å². The molecule has 1 aromatic heterocycles. The first kappa shape index (κ1) is 14.5. The lowest BCUT2D eigenvalue weighted by Gasteiger charge is -2.20. The highest BCUT2D eigenvalue weighted by atomic mass is 79.9. The van der Waals surface area contributed by atoms with Gasteiger partial charge < -0.3 is 0 Å². The van der Waals surface area contributed by atoms with Crippen LogP contribution < -0.4 is 11.3 Å². The SMILES string of the molecule is NNC(c1ccc(Br)cc1Cl)c1cccc2cnccc12. The summed E-state index contributed by atoms with van der Waals surface area (Å²) in [5.74, 6) is 5.80. The predicted octanol–water partition coefficient (Wildman–Crippen LogP) is 4.20. The van der Waals surface area contributed by atoms with Crippen molar-refractivity contribution in [1.82, 2.24) is 10.4 Å². The minimum Gasteiger partial charge on any atom is -0.271 e. The molecule has 0 spiro atoms. The van der Waals surface area contributed by atoms with Crippen molar-refractivity contribution in [2.45, 2.75) is 6.04 Å². The largest absolute Gasteiger partial charge is 0.271 e. The summed E-state index contributed by atoms with van der Waals surface area (Å²) in [5.41, 5.74) is 4.87. The molecule has 2 aromatic carbocycles. The second kappa shape index (κ2) is 6.12. The second-order valence-electron chi connectivity index (χ2n) is 4.71. The van der Waals surface area contributed by atoms with E-state index in [9.17, 15) is 0 Å².